The molecule has 0 spiro atoms. The fourth-order valence-electron chi connectivity index (χ4n) is 2.27. The number of hydrogen-bond acceptors (Lipinski definition) is 4. The van der Waals surface area contributed by atoms with Gasteiger partial charge in [-0.1, -0.05) is 12.8 Å². The molecule has 2 rings (SSSR count). The predicted octanol–water partition coefficient (Wildman–Crippen LogP) is 2.70. The lowest BCUT2D eigenvalue weighted by atomic mass is 9.86. The molecule has 0 radical (unpaired) electrons. The maximum atomic E-state index is 6.00. The van der Waals surface area contributed by atoms with Gasteiger partial charge in [0.1, 0.15) is 0 Å². The molecule has 1 aromatic heterocycles. The molecule has 0 aromatic carbocycles. The molecule has 94 valence electrons. The summed E-state index contributed by atoms with van der Waals surface area (Å²) in [5.74, 6) is 1.86. The Kier molecular flexibility index (Phi) is 4.15. The highest BCUT2D eigenvalue weighted by atomic mass is 35.5. The molecule has 0 saturated heterocycles. The number of aryl methyl sites for hydroxylation is 2. The van der Waals surface area contributed by atoms with Crippen LogP contribution in [0, 0.1) is 19.8 Å². The Hall–Kier alpha value is -0.900. The number of halogens is 1. The quantitative estimate of drug-likeness (QED) is 0.843. The Bertz CT molecular complexity index is 383. The van der Waals surface area contributed by atoms with Crippen molar-refractivity contribution in [2.24, 2.45) is 5.92 Å². The Morgan fingerprint density at radius 1 is 1.18 bits per heavy atom. The van der Waals surface area contributed by atoms with Gasteiger partial charge in [0.05, 0.1) is 11.4 Å². The molecule has 1 saturated carbocycles. The molecule has 1 heterocycles. The molecule has 2 atom stereocenters. The van der Waals surface area contributed by atoms with Gasteiger partial charge < -0.3 is 5.32 Å². The average molecular weight is 255 g/mol. The van der Waals surface area contributed by atoms with Gasteiger partial charge in [-0.25, -0.2) is 4.98 Å². The van der Waals surface area contributed by atoms with Gasteiger partial charge in [-0.3, -0.25) is 0 Å². The first-order chi connectivity index (χ1) is 8.20. The normalized spacial score (nSPS) is 24.6. The van der Waals surface area contributed by atoms with Crippen molar-refractivity contribution in [3.05, 3.63) is 11.4 Å². The molecule has 5 heteroatoms. The third-order valence-electron chi connectivity index (χ3n) is 3.51. The van der Waals surface area contributed by atoms with Gasteiger partial charge in [0.2, 0.25) is 5.95 Å². The Morgan fingerprint density at radius 3 is 2.65 bits per heavy atom. The SMILES string of the molecule is Cc1nnc(NC2CCCCC2CCl)nc1C. The molecule has 1 N–H and O–H groups in total. The summed E-state index contributed by atoms with van der Waals surface area (Å²) in [5.41, 5.74) is 1.81. The van der Waals surface area contributed by atoms with Crippen molar-refractivity contribution in [3.8, 4) is 0 Å². The van der Waals surface area contributed by atoms with Crippen molar-refractivity contribution in [1.82, 2.24) is 15.2 Å². The van der Waals surface area contributed by atoms with Crippen LogP contribution < -0.4 is 5.32 Å². The third kappa shape index (κ3) is 3.06. The Balaban J connectivity index is 2.05. The topological polar surface area (TPSA) is 50.7 Å². The second-order valence-corrected chi connectivity index (χ2v) is 5.06. The fourth-order valence-corrected chi connectivity index (χ4v) is 2.64. The molecule has 0 amide bonds. The highest BCUT2D eigenvalue weighted by Gasteiger charge is 2.24. The first-order valence-corrected chi connectivity index (χ1v) is 6.74. The van der Waals surface area contributed by atoms with Gasteiger partial charge in [-0.15, -0.1) is 16.7 Å². The number of nitrogens with one attached hydrogen (secondary N) is 1. The van der Waals surface area contributed by atoms with Crippen LogP contribution >= 0.6 is 11.6 Å². The summed E-state index contributed by atoms with van der Waals surface area (Å²) >= 11 is 6.00. The van der Waals surface area contributed by atoms with Gasteiger partial charge >= 0.3 is 0 Å². The summed E-state index contributed by atoms with van der Waals surface area (Å²) in [7, 11) is 0. The molecule has 4 nitrogen and oxygen atoms in total. The fraction of sp³-hybridized carbons (Fsp3) is 0.750. The van der Waals surface area contributed by atoms with Crippen LogP contribution in [-0.4, -0.2) is 27.1 Å². The smallest absolute Gasteiger partial charge is 0.243 e. The second kappa shape index (κ2) is 5.63. The Labute approximate surface area is 107 Å². The highest BCUT2D eigenvalue weighted by Crippen LogP contribution is 2.27. The predicted molar refractivity (Wildman–Crippen MR) is 69.4 cm³/mol. The third-order valence-corrected chi connectivity index (χ3v) is 3.91. The highest BCUT2D eigenvalue weighted by molar-refractivity contribution is 6.18. The van der Waals surface area contributed by atoms with Gasteiger partial charge in [0.15, 0.2) is 0 Å². The van der Waals surface area contributed by atoms with E-state index < -0.39 is 0 Å². The molecular formula is C12H19ClN4. The lowest BCUT2D eigenvalue weighted by molar-refractivity contribution is 0.351. The van der Waals surface area contributed by atoms with Crippen LogP contribution in [-0.2, 0) is 0 Å². The molecule has 1 aromatic rings. The first-order valence-electron chi connectivity index (χ1n) is 6.21. The number of rotatable bonds is 3. The Morgan fingerprint density at radius 2 is 1.94 bits per heavy atom. The first kappa shape index (κ1) is 12.6. The van der Waals surface area contributed by atoms with Crippen LogP contribution in [0.3, 0.4) is 0 Å². The summed E-state index contributed by atoms with van der Waals surface area (Å²) in [5, 5.41) is 11.6. The van der Waals surface area contributed by atoms with E-state index in [4.69, 9.17) is 11.6 Å². The monoisotopic (exact) mass is 254 g/mol. The second-order valence-electron chi connectivity index (χ2n) is 4.76. The molecule has 0 bridgehead atoms. The molecule has 1 aliphatic rings. The van der Waals surface area contributed by atoms with Gasteiger partial charge in [0, 0.05) is 11.9 Å². The maximum absolute atomic E-state index is 6.00. The minimum absolute atomic E-state index is 0.394. The number of alkyl halides is 1. The van der Waals surface area contributed by atoms with Crippen LogP contribution in [0.15, 0.2) is 0 Å². The molecule has 2 unspecified atom stereocenters. The van der Waals surface area contributed by atoms with Gasteiger partial charge in [0.25, 0.3) is 0 Å². The van der Waals surface area contributed by atoms with Gasteiger partial charge in [-0.2, -0.15) is 5.10 Å². The van der Waals surface area contributed by atoms with E-state index in [0.717, 1.165) is 17.8 Å². The van der Waals surface area contributed by atoms with Crippen LogP contribution in [0.2, 0.25) is 0 Å². The van der Waals surface area contributed by atoms with Crippen molar-refractivity contribution >= 4 is 17.5 Å². The van der Waals surface area contributed by atoms with E-state index >= 15 is 0 Å². The molecule has 17 heavy (non-hydrogen) atoms. The number of hydrogen-bond donors (Lipinski definition) is 1. The van der Waals surface area contributed by atoms with E-state index in [1.54, 1.807) is 0 Å². The van der Waals surface area contributed by atoms with Crippen molar-refractivity contribution in [2.45, 2.75) is 45.6 Å². The van der Waals surface area contributed by atoms with Crippen molar-refractivity contribution in [1.29, 1.82) is 0 Å². The van der Waals surface area contributed by atoms with E-state index in [0.29, 0.717) is 23.8 Å². The largest absolute Gasteiger partial charge is 0.350 e. The zero-order valence-corrected chi connectivity index (χ0v) is 11.2. The average Bonchev–Trinajstić information content (AvgIpc) is 2.34. The lowest BCUT2D eigenvalue weighted by Gasteiger charge is -2.30. The standard InChI is InChI=1S/C12H19ClN4/c1-8-9(2)16-17-12(14-8)15-11-6-4-3-5-10(11)7-13/h10-11H,3-7H2,1-2H3,(H,14,15,17). The van der Waals surface area contributed by atoms with E-state index in [1.807, 2.05) is 13.8 Å². The number of nitrogens with zero attached hydrogens (tertiary/aromatic N) is 3. The van der Waals surface area contributed by atoms with Crippen LogP contribution in [0.4, 0.5) is 5.95 Å². The lowest BCUT2D eigenvalue weighted by Crippen LogP contribution is -2.34. The van der Waals surface area contributed by atoms with Crippen LogP contribution in [0.1, 0.15) is 37.1 Å². The minimum Gasteiger partial charge on any atom is -0.350 e. The molecule has 1 aliphatic carbocycles. The maximum Gasteiger partial charge on any atom is 0.243 e. The zero-order valence-electron chi connectivity index (χ0n) is 10.4. The molecule has 1 fully saturated rings. The van der Waals surface area contributed by atoms with Crippen LogP contribution in [0.5, 0.6) is 0 Å². The summed E-state index contributed by atoms with van der Waals surface area (Å²) in [6.07, 6.45) is 4.87. The summed E-state index contributed by atoms with van der Waals surface area (Å²) < 4.78 is 0. The zero-order chi connectivity index (χ0) is 12.3. The van der Waals surface area contributed by atoms with Crippen LogP contribution in [0.25, 0.3) is 0 Å². The summed E-state index contributed by atoms with van der Waals surface area (Å²) in [6, 6.07) is 0.394. The summed E-state index contributed by atoms with van der Waals surface area (Å²) in [4.78, 5) is 4.41. The van der Waals surface area contributed by atoms with Gasteiger partial charge in [-0.05, 0) is 32.6 Å². The van der Waals surface area contributed by atoms with E-state index in [-0.39, 0.29) is 0 Å². The molecule has 0 aliphatic heterocycles. The number of aromatic nitrogens is 3. The van der Waals surface area contributed by atoms with Crippen molar-refractivity contribution in [3.63, 3.8) is 0 Å². The van der Waals surface area contributed by atoms with E-state index in [2.05, 4.69) is 20.5 Å². The van der Waals surface area contributed by atoms with E-state index in [9.17, 15) is 0 Å². The van der Waals surface area contributed by atoms with Crippen molar-refractivity contribution < 1.29 is 0 Å². The number of anilines is 1. The summed E-state index contributed by atoms with van der Waals surface area (Å²) in [6.45, 7) is 3.87. The van der Waals surface area contributed by atoms with E-state index in [1.165, 1.54) is 19.3 Å². The molecular weight excluding hydrogens is 236 g/mol. The minimum atomic E-state index is 0.394. The van der Waals surface area contributed by atoms with Crippen molar-refractivity contribution in [2.75, 3.05) is 11.2 Å².